The van der Waals surface area contributed by atoms with Gasteiger partial charge in [-0.05, 0) is 48.9 Å². The molecule has 0 saturated heterocycles. The number of hydrogen-bond acceptors (Lipinski definition) is 2. The van der Waals surface area contributed by atoms with E-state index in [-0.39, 0.29) is 11.8 Å². The molecule has 3 rings (SSSR count). The lowest BCUT2D eigenvalue weighted by atomic mass is 10.1. The van der Waals surface area contributed by atoms with E-state index in [1.54, 1.807) is 4.90 Å². The van der Waals surface area contributed by atoms with Crippen LogP contribution in [0.4, 0.5) is 5.69 Å². The zero-order valence-corrected chi connectivity index (χ0v) is 13.7. The van der Waals surface area contributed by atoms with Crippen LogP contribution in [0.25, 0.3) is 0 Å². The van der Waals surface area contributed by atoms with Crippen molar-refractivity contribution < 1.29 is 4.79 Å². The van der Waals surface area contributed by atoms with Crippen molar-refractivity contribution in [2.24, 2.45) is 7.05 Å². The van der Waals surface area contributed by atoms with Crippen LogP contribution < -0.4 is 4.90 Å². The van der Waals surface area contributed by atoms with Gasteiger partial charge in [0.15, 0.2) is 0 Å². The molecule has 0 aliphatic heterocycles. The van der Waals surface area contributed by atoms with Crippen LogP contribution in [0.2, 0.25) is 0 Å². The first-order chi connectivity index (χ1) is 10.6. The van der Waals surface area contributed by atoms with Crippen molar-refractivity contribution in [1.82, 2.24) is 9.78 Å². The lowest BCUT2D eigenvalue weighted by Gasteiger charge is -2.23. The average molecular weight is 318 g/mol. The summed E-state index contributed by atoms with van der Waals surface area (Å²) in [5.74, 6) is 0.495. The highest BCUT2D eigenvalue weighted by Crippen LogP contribution is 2.41. The maximum Gasteiger partial charge on any atom is 0.242 e. The number of hydrogen-bond donors (Lipinski definition) is 0. The third-order valence-electron chi connectivity index (χ3n) is 4.15. The quantitative estimate of drug-likeness (QED) is 0.793. The number of rotatable bonds is 5. The van der Waals surface area contributed by atoms with Gasteiger partial charge in [0.1, 0.15) is 5.88 Å². The van der Waals surface area contributed by atoms with Crippen LogP contribution in [0, 0.1) is 6.92 Å². The number of aryl methyl sites for hydroxylation is 2. The van der Waals surface area contributed by atoms with Gasteiger partial charge in [-0.2, -0.15) is 5.10 Å². The number of alkyl halides is 1. The summed E-state index contributed by atoms with van der Waals surface area (Å²) in [5.41, 5.74) is 4.37. The van der Waals surface area contributed by atoms with E-state index in [2.05, 4.69) is 5.10 Å². The van der Waals surface area contributed by atoms with E-state index in [9.17, 15) is 4.79 Å². The van der Waals surface area contributed by atoms with Crippen molar-refractivity contribution in [3.63, 3.8) is 0 Å². The molecule has 1 heterocycles. The predicted octanol–water partition coefficient (Wildman–Crippen LogP) is 3.38. The molecular formula is C17H20ClN3O. The Morgan fingerprint density at radius 3 is 2.86 bits per heavy atom. The largest absolute Gasteiger partial charge is 0.305 e. The topological polar surface area (TPSA) is 38.1 Å². The summed E-state index contributed by atoms with van der Waals surface area (Å²) in [6.07, 6.45) is 4.37. The number of halogens is 1. The SMILES string of the molecule is Cc1cccc(N(Cc2c(C3CC3)cnn2C)C(=O)CCl)c1. The van der Waals surface area contributed by atoms with Crippen LogP contribution >= 0.6 is 11.6 Å². The summed E-state index contributed by atoms with van der Waals surface area (Å²) in [6.45, 7) is 2.53. The van der Waals surface area contributed by atoms with Gasteiger partial charge in [-0.25, -0.2) is 0 Å². The van der Waals surface area contributed by atoms with Crippen molar-refractivity contribution in [3.05, 3.63) is 47.3 Å². The fraction of sp³-hybridized carbons (Fsp3) is 0.412. The standard InChI is InChI=1S/C17H20ClN3O/c1-12-4-3-5-14(8-12)21(17(22)9-18)11-16-15(13-6-7-13)10-19-20(16)2/h3-5,8,10,13H,6-7,9,11H2,1-2H3. The Labute approximate surface area is 135 Å². The van der Waals surface area contributed by atoms with Gasteiger partial charge in [-0.3, -0.25) is 9.48 Å². The number of benzene rings is 1. The minimum atomic E-state index is -0.0878. The van der Waals surface area contributed by atoms with E-state index in [1.807, 2.05) is 49.1 Å². The average Bonchev–Trinajstić information content (AvgIpc) is 3.29. The number of carbonyl (C=O) groups excluding carboxylic acids is 1. The third-order valence-corrected chi connectivity index (χ3v) is 4.38. The highest BCUT2D eigenvalue weighted by molar-refractivity contribution is 6.29. The zero-order chi connectivity index (χ0) is 15.7. The Bertz CT molecular complexity index is 691. The predicted molar refractivity (Wildman–Crippen MR) is 88.3 cm³/mol. The van der Waals surface area contributed by atoms with E-state index in [0.717, 1.165) is 16.9 Å². The Morgan fingerprint density at radius 2 is 2.23 bits per heavy atom. The molecule has 5 heteroatoms. The number of amides is 1. The summed E-state index contributed by atoms with van der Waals surface area (Å²) < 4.78 is 1.87. The molecule has 2 aromatic rings. The molecule has 1 fully saturated rings. The smallest absolute Gasteiger partial charge is 0.242 e. The van der Waals surface area contributed by atoms with Crippen molar-refractivity contribution >= 4 is 23.2 Å². The Balaban J connectivity index is 1.94. The van der Waals surface area contributed by atoms with Gasteiger partial charge in [0.25, 0.3) is 0 Å². The monoisotopic (exact) mass is 317 g/mol. The summed E-state index contributed by atoms with van der Waals surface area (Å²) in [4.78, 5) is 14.1. The lowest BCUT2D eigenvalue weighted by molar-refractivity contribution is -0.116. The lowest BCUT2D eigenvalue weighted by Crippen LogP contribution is -2.32. The summed E-state index contributed by atoms with van der Waals surface area (Å²) in [6, 6.07) is 7.94. The molecule has 0 N–H and O–H groups in total. The Morgan fingerprint density at radius 1 is 1.45 bits per heavy atom. The van der Waals surface area contributed by atoms with Gasteiger partial charge in [0, 0.05) is 12.7 Å². The van der Waals surface area contributed by atoms with Crippen LogP contribution in [-0.2, 0) is 18.4 Å². The summed E-state index contributed by atoms with van der Waals surface area (Å²) >= 11 is 5.82. The molecule has 1 aromatic carbocycles. The van der Waals surface area contributed by atoms with Gasteiger partial charge in [0.2, 0.25) is 5.91 Å². The summed E-state index contributed by atoms with van der Waals surface area (Å²) in [7, 11) is 1.93. The maximum atomic E-state index is 12.3. The van der Waals surface area contributed by atoms with Gasteiger partial charge >= 0.3 is 0 Å². The molecule has 0 spiro atoms. The molecule has 0 bridgehead atoms. The molecule has 1 amide bonds. The van der Waals surface area contributed by atoms with E-state index >= 15 is 0 Å². The van der Waals surface area contributed by atoms with E-state index in [4.69, 9.17) is 11.6 Å². The molecule has 0 unspecified atom stereocenters. The van der Waals surface area contributed by atoms with Gasteiger partial charge in [-0.1, -0.05) is 12.1 Å². The van der Waals surface area contributed by atoms with Crippen molar-refractivity contribution in [3.8, 4) is 0 Å². The molecule has 116 valence electrons. The molecule has 0 atom stereocenters. The van der Waals surface area contributed by atoms with E-state index in [0.29, 0.717) is 12.5 Å². The highest BCUT2D eigenvalue weighted by atomic mass is 35.5. The van der Waals surface area contributed by atoms with Crippen molar-refractivity contribution in [2.75, 3.05) is 10.8 Å². The molecule has 1 saturated carbocycles. The first-order valence-corrected chi connectivity index (χ1v) is 8.07. The van der Waals surface area contributed by atoms with Crippen LogP contribution in [0.3, 0.4) is 0 Å². The van der Waals surface area contributed by atoms with Gasteiger partial charge in [-0.15, -0.1) is 11.6 Å². The molecule has 1 aliphatic rings. The second-order valence-corrected chi connectivity index (χ2v) is 6.16. The maximum absolute atomic E-state index is 12.3. The van der Waals surface area contributed by atoms with Crippen molar-refractivity contribution in [2.45, 2.75) is 32.2 Å². The Hall–Kier alpha value is -1.81. The van der Waals surface area contributed by atoms with Crippen LogP contribution in [-0.4, -0.2) is 21.6 Å². The zero-order valence-electron chi connectivity index (χ0n) is 12.9. The fourth-order valence-corrected chi connectivity index (χ4v) is 2.89. The highest BCUT2D eigenvalue weighted by Gasteiger charge is 2.29. The number of aromatic nitrogens is 2. The number of nitrogens with zero attached hydrogens (tertiary/aromatic N) is 3. The van der Waals surface area contributed by atoms with E-state index in [1.165, 1.54) is 18.4 Å². The second-order valence-electron chi connectivity index (χ2n) is 5.90. The number of carbonyl (C=O) groups is 1. The van der Waals surface area contributed by atoms with Crippen LogP contribution in [0.5, 0.6) is 0 Å². The van der Waals surface area contributed by atoms with Crippen LogP contribution in [0.15, 0.2) is 30.5 Å². The summed E-state index contributed by atoms with van der Waals surface area (Å²) in [5, 5.41) is 4.37. The molecule has 0 radical (unpaired) electrons. The van der Waals surface area contributed by atoms with Crippen LogP contribution in [0.1, 0.15) is 35.6 Å². The van der Waals surface area contributed by atoms with E-state index < -0.39 is 0 Å². The first-order valence-electron chi connectivity index (χ1n) is 7.54. The minimum absolute atomic E-state index is 0.0233. The molecular weight excluding hydrogens is 298 g/mol. The molecule has 1 aromatic heterocycles. The third kappa shape index (κ3) is 3.02. The molecule has 4 nitrogen and oxygen atoms in total. The fourth-order valence-electron chi connectivity index (χ4n) is 2.75. The second kappa shape index (κ2) is 6.13. The van der Waals surface area contributed by atoms with Gasteiger partial charge in [0.05, 0.1) is 18.4 Å². The van der Waals surface area contributed by atoms with Crippen molar-refractivity contribution in [1.29, 1.82) is 0 Å². The minimum Gasteiger partial charge on any atom is -0.305 e. The molecule has 22 heavy (non-hydrogen) atoms. The number of anilines is 1. The Kier molecular flexibility index (Phi) is 4.21. The van der Waals surface area contributed by atoms with Gasteiger partial charge < -0.3 is 4.90 Å². The normalized spacial score (nSPS) is 14.1. The first kappa shape index (κ1) is 15.1. The molecule has 1 aliphatic carbocycles.